The van der Waals surface area contributed by atoms with E-state index in [1.165, 1.54) is 0 Å². The fraction of sp³-hybridized carbons (Fsp3) is 0.417. The molecule has 0 aliphatic rings. The molecule has 1 amide bonds. The molecule has 0 aliphatic carbocycles. The Kier molecular flexibility index (Phi) is 3.72. The topological polar surface area (TPSA) is 52.3 Å². The van der Waals surface area contributed by atoms with Crippen molar-refractivity contribution >= 4 is 5.91 Å². The van der Waals surface area contributed by atoms with E-state index in [-0.39, 0.29) is 0 Å². The summed E-state index contributed by atoms with van der Waals surface area (Å²) >= 11 is 0. The quantitative estimate of drug-likeness (QED) is 0.804. The van der Waals surface area contributed by atoms with E-state index in [2.05, 4.69) is 0 Å². The predicted octanol–water partition coefficient (Wildman–Crippen LogP) is 2.11. The summed E-state index contributed by atoms with van der Waals surface area (Å²) in [5.74, 6) is 0.274. The number of benzene rings is 1. The van der Waals surface area contributed by atoms with Crippen molar-refractivity contribution in [1.29, 1.82) is 0 Å². The Labute approximate surface area is 90.2 Å². The molecule has 2 N–H and O–H groups in total. The van der Waals surface area contributed by atoms with E-state index in [0.29, 0.717) is 18.6 Å². The van der Waals surface area contributed by atoms with Crippen LogP contribution in [0.2, 0.25) is 0 Å². The van der Waals surface area contributed by atoms with Gasteiger partial charge < -0.3 is 10.5 Å². The molecule has 0 radical (unpaired) electrons. The van der Waals surface area contributed by atoms with Crippen LogP contribution >= 0.6 is 0 Å². The van der Waals surface area contributed by atoms with Gasteiger partial charge in [-0.05, 0) is 25.0 Å². The van der Waals surface area contributed by atoms with E-state index in [9.17, 15) is 4.79 Å². The number of para-hydroxylation sites is 1. The van der Waals surface area contributed by atoms with Crippen molar-refractivity contribution in [2.75, 3.05) is 0 Å². The van der Waals surface area contributed by atoms with Crippen LogP contribution in [0.3, 0.4) is 0 Å². The van der Waals surface area contributed by atoms with Crippen molar-refractivity contribution in [3.05, 3.63) is 30.3 Å². The number of carbonyl (C=O) groups excluding carboxylic acids is 1. The summed E-state index contributed by atoms with van der Waals surface area (Å²) in [7, 11) is 0. The minimum absolute atomic E-state index is 0.406. The lowest BCUT2D eigenvalue weighted by molar-refractivity contribution is -0.134. The van der Waals surface area contributed by atoms with Gasteiger partial charge in [0.15, 0.2) is 5.60 Å². The average molecular weight is 207 g/mol. The van der Waals surface area contributed by atoms with E-state index >= 15 is 0 Å². The Balaban J connectivity index is 2.89. The fourth-order valence-electron chi connectivity index (χ4n) is 1.51. The van der Waals surface area contributed by atoms with Gasteiger partial charge in [0, 0.05) is 0 Å². The number of amides is 1. The normalized spacial score (nSPS) is 11.1. The highest BCUT2D eigenvalue weighted by molar-refractivity contribution is 5.83. The minimum atomic E-state index is -0.874. The lowest BCUT2D eigenvalue weighted by Crippen LogP contribution is -2.48. The van der Waals surface area contributed by atoms with Crippen LogP contribution in [0.15, 0.2) is 30.3 Å². The van der Waals surface area contributed by atoms with Crippen LogP contribution in [0.4, 0.5) is 0 Å². The van der Waals surface area contributed by atoms with Crippen molar-refractivity contribution in [3.63, 3.8) is 0 Å². The Hall–Kier alpha value is -1.51. The van der Waals surface area contributed by atoms with Gasteiger partial charge in [-0.3, -0.25) is 4.79 Å². The van der Waals surface area contributed by atoms with Gasteiger partial charge in [-0.15, -0.1) is 0 Å². The number of ether oxygens (including phenoxy) is 1. The molecule has 0 saturated heterocycles. The molecule has 3 heteroatoms. The van der Waals surface area contributed by atoms with E-state index in [0.717, 1.165) is 0 Å². The Bertz CT molecular complexity index is 318. The average Bonchev–Trinajstić information content (AvgIpc) is 2.27. The number of carbonyl (C=O) groups is 1. The van der Waals surface area contributed by atoms with Gasteiger partial charge in [0.25, 0.3) is 5.91 Å². The second kappa shape index (κ2) is 4.82. The third-order valence-corrected chi connectivity index (χ3v) is 2.65. The van der Waals surface area contributed by atoms with Crippen LogP contribution in [0.5, 0.6) is 5.75 Å². The minimum Gasteiger partial charge on any atom is -0.477 e. The van der Waals surface area contributed by atoms with E-state index in [1.807, 2.05) is 44.2 Å². The van der Waals surface area contributed by atoms with Gasteiger partial charge >= 0.3 is 0 Å². The van der Waals surface area contributed by atoms with Crippen molar-refractivity contribution < 1.29 is 9.53 Å². The van der Waals surface area contributed by atoms with Crippen LogP contribution in [0.25, 0.3) is 0 Å². The zero-order valence-electron chi connectivity index (χ0n) is 9.19. The molecule has 3 nitrogen and oxygen atoms in total. The predicted molar refractivity (Wildman–Crippen MR) is 59.6 cm³/mol. The highest BCUT2D eigenvalue weighted by atomic mass is 16.5. The molecule has 0 unspecified atom stereocenters. The molecule has 0 saturated carbocycles. The Morgan fingerprint density at radius 3 is 2.20 bits per heavy atom. The van der Waals surface area contributed by atoms with Crippen molar-refractivity contribution in [2.24, 2.45) is 5.73 Å². The second-order valence-corrected chi connectivity index (χ2v) is 3.48. The zero-order chi connectivity index (χ0) is 11.3. The van der Waals surface area contributed by atoms with E-state index in [1.54, 1.807) is 0 Å². The van der Waals surface area contributed by atoms with E-state index in [4.69, 9.17) is 10.5 Å². The third kappa shape index (κ3) is 2.49. The monoisotopic (exact) mass is 207 g/mol. The molecule has 0 bridgehead atoms. The van der Waals surface area contributed by atoms with Crippen LogP contribution < -0.4 is 10.5 Å². The number of rotatable bonds is 5. The molecular weight excluding hydrogens is 190 g/mol. The number of hydrogen-bond donors (Lipinski definition) is 1. The second-order valence-electron chi connectivity index (χ2n) is 3.48. The highest BCUT2D eigenvalue weighted by Gasteiger charge is 2.35. The van der Waals surface area contributed by atoms with E-state index < -0.39 is 11.5 Å². The van der Waals surface area contributed by atoms with Gasteiger partial charge in [0.2, 0.25) is 0 Å². The smallest absolute Gasteiger partial charge is 0.261 e. The van der Waals surface area contributed by atoms with Gasteiger partial charge in [-0.25, -0.2) is 0 Å². The maximum absolute atomic E-state index is 11.4. The first kappa shape index (κ1) is 11.6. The van der Waals surface area contributed by atoms with Crippen molar-refractivity contribution in [3.8, 4) is 5.75 Å². The van der Waals surface area contributed by atoms with Crippen LogP contribution in [-0.4, -0.2) is 11.5 Å². The summed E-state index contributed by atoms with van der Waals surface area (Å²) in [6.07, 6.45) is 1.15. The first-order chi connectivity index (χ1) is 7.14. The largest absolute Gasteiger partial charge is 0.477 e. The lowest BCUT2D eigenvalue weighted by Gasteiger charge is -2.29. The summed E-state index contributed by atoms with van der Waals surface area (Å²) in [5.41, 5.74) is 4.50. The molecule has 0 heterocycles. The standard InChI is InChI=1S/C12H17NO2/c1-3-12(4-2,11(13)14)15-10-8-6-5-7-9-10/h5-9H,3-4H2,1-2H3,(H2,13,14). The van der Waals surface area contributed by atoms with Gasteiger partial charge in [0.1, 0.15) is 5.75 Å². The molecule has 1 aromatic carbocycles. The molecule has 0 atom stereocenters. The van der Waals surface area contributed by atoms with Gasteiger partial charge in [-0.2, -0.15) is 0 Å². The van der Waals surface area contributed by atoms with Crippen LogP contribution in [0.1, 0.15) is 26.7 Å². The molecule has 15 heavy (non-hydrogen) atoms. The maximum atomic E-state index is 11.4. The summed E-state index contributed by atoms with van der Waals surface area (Å²) in [4.78, 5) is 11.4. The Morgan fingerprint density at radius 2 is 1.80 bits per heavy atom. The van der Waals surface area contributed by atoms with Gasteiger partial charge in [0.05, 0.1) is 0 Å². The van der Waals surface area contributed by atoms with Crippen molar-refractivity contribution in [1.82, 2.24) is 0 Å². The molecule has 1 aromatic rings. The number of nitrogens with two attached hydrogens (primary N) is 1. The molecule has 0 aliphatic heterocycles. The summed E-state index contributed by atoms with van der Waals surface area (Å²) in [6.45, 7) is 3.80. The number of primary amides is 1. The third-order valence-electron chi connectivity index (χ3n) is 2.65. The lowest BCUT2D eigenvalue weighted by atomic mass is 9.96. The molecule has 0 aromatic heterocycles. The molecule has 0 spiro atoms. The molecular formula is C12H17NO2. The Morgan fingerprint density at radius 1 is 1.27 bits per heavy atom. The highest BCUT2D eigenvalue weighted by Crippen LogP contribution is 2.23. The molecule has 0 fully saturated rings. The first-order valence-electron chi connectivity index (χ1n) is 5.18. The SMILES string of the molecule is CCC(CC)(Oc1ccccc1)C(N)=O. The maximum Gasteiger partial charge on any atom is 0.261 e. The number of hydrogen-bond acceptors (Lipinski definition) is 2. The summed E-state index contributed by atoms with van der Waals surface area (Å²) < 4.78 is 5.69. The fourth-order valence-corrected chi connectivity index (χ4v) is 1.51. The van der Waals surface area contributed by atoms with Crippen molar-refractivity contribution in [2.45, 2.75) is 32.3 Å². The molecule has 82 valence electrons. The summed E-state index contributed by atoms with van der Waals surface area (Å²) in [5, 5.41) is 0. The zero-order valence-corrected chi connectivity index (χ0v) is 9.19. The summed E-state index contributed by atoms with van der Waals surface area (Å²) in [6, 6.07) is 9.28. The van der Waals surface area contributed by atoms with Gasteiger partial charge in [-0.1, -0.05) is 32.0 Å². The molecule has 1 rings (SSSR count). The van der Waals surface area contributed by atoms with Crippen LogP contribution in [-0.2, 0) is 4.79 Å². The van der Waals surface area contributed by atoms with Crippen LogP contribution in [0, 0.1) is 0 Å². The first-order valence-corrected chi connectivity index (χ1v) is 5.18.